The molecule has 0 saturated heterocycles. The Morgan fingerprint density at radius 1 is 1.10 bits per heavy atom. The minimum atomic E-state index is -2.66. The lowest BCUT2D eigenvalue weighted by atomic mass is 9.91. The molecule has 1 fully saturated rings. The summed E-state index contributed by atoms with van der Waals surface area (Å²) in [5.74, 6) is -2.23. The number of amides is 1. The van der Waals surface area contributed by atoms with Crippen LogP contribution in [0.3, 0.4) is 0 Å². The maximum Gasteiger partial charge on any atom is 0.255 e. The van der Waals surface area contributed by atoms with Gasteiger partial charge in [-0.1, -0.05) is 25.0 Å². The quantitative estimate of drug-likeness (QED) is 0.219. The summed E-state index contributed by atoms with van der Waals surface area (Å²) in [4.78, 5) is 28.6. The number of ether oxygens (including phenoxy) is 1. The van der Waals surface area contributed by atoms with Crippen LogP contribution in [0.5, 0.6) is 5.75 Å². The topological polar surface area (TPSA) is 125 Å². The molecule has 3 aromatic rings. The Morgan fingerprint density at radius 2 is 1.95 bits per heavy atom. The van der Waals surface area contributed by atoms with Crippen molar-refractivity contribution < 1.29 is 23.1 Å². The number of aromatic nitrogens is 6. The van der Waals surface area contributed by atoms with E-state index in [-0.39, 0.29) is 31.0 Å². The van der Waals surface area contributed by atoms with Gasteiger partial charge in [-0.3, -0.25) is 19.3 Å². The number of alkyl halides is 2. The number of Topliss-reactive ketones (excluding diaryl/α,β-unsaturated/α-hetero) is 1. The lowest BCUT2D eigenvalue weighted by Crippen LogP contribution is -2.43. The number of rotatable bonds is 15. The fourth-order valence-electron chi connectivity index (χ4n) is 4.22. The minimum Gasteiger partial charge on any atom is -0.488 e. The zero-order chi connectivity index (χ0) is 27.7. The summed E-state index contributed by atoms with van der Waals surface area (Å²) in [5, 5.41) is 19.0. The number of pyridine rings is 1. The molecule has 4 rings (SSSR count). The normalized spacial score (nSPS) is 14.5. The highest BCUT2D eigenvalue weighted by atomic mass is 19.3. The number of nitrogens with zero attached hydrogens (tertiary/aromatic N) is 6. The Labute approximate surface area is 225 Å². The molecule has 1 amide bonds. The van der Waals surface area contributed by atoms with Crippen molar-refractivity contribution in [1.29, 1.82) is 0 Å². The van der Waals surface area contributed by atoms with Gasteiger partial charge in [0, 0.05) is 32.0 Å². The minimum absolute atomic E-state index is 0.0306. The molecule has 1 N–H and O–H groups in total. The van der Waals surface area contributed by atoms with Gasteiger partial charge in [0.1, 0.15) is 17.5 Å². The maximum absolute atomic E-state index is 13.0. The highest BCUT2D eigenvalue weighted by Gasteiger charge is 2.47. The Hall–Kier alpha value is -3.83. The van der Waals surface area contributed by atoms with Crippen molar-refractivity contribution in [3.63, 3.8) is 0 Å². The average Bonchev–Trinajstić information content (AvgIpc) is 3.36. The molecule has 0 spiro atoms. The largest absolute Gasteiger partial charge is 0.488 e. The molecule has 0 aliphatic heterocycles. The van der Waals surface area contributed by atoms with Crippen LogP contribution in [0.1, 0.15) is 80.0 Å². The molecule has 1 saturated carbocycles. The number of hydrogen-bond acceptors (Lipinski definition) is 8. The van der Waals surface area contributed by atoms with Crippen LogP contribution >= 0.6 is 0 Å². The predicted molar refractivity (Wildman–Crippen MR) is 139 cm³/mol. The SMILES string of the molecule is CCCCCC(=O)c1cn(CCCCc2ccc(NC(=O)Cc3cncc(OC4CC(F)(F)C4)c3)nn2)nn1. The molecule has 12 heteroatoms. The molecule has 1 aliphatic carbocycles. The highest BCUT2D eigenvalue weighted by molar-refractivity contribution is 5.93. The van der Waals surface area contributed by atoms with E-state index in [0.29, 0.717) is 42.2 Å². The van der Waals surface area contributed by atoms with Gasteiger partial charge in [0.25, 0.3) is 5.92 Å². The van der Waals surface area contributed by atoms with E-state index in [1.54, 1.807) is 23.0 Å². The van der Waals surface area contributed by atoms with Crippen molar-refractivity contribution in [3.8, 4) is 5.75 Å². The number of ketones is 1. The molecular formula is C27H33F2N7O3. The number of carbonyl (C=O) groups is 2. The lowest BCUT2D eigenvalue weighted by molar-refractivity contribution is -0.134. The summed E-state index contributed by atoms with van der Waals surface area (Å²) in [6.07, 6.45) is 9.45. The number of anilines is 1. The van der Waals surface area contributed by atoms with Crippen LogP contribution < -0.4 is 10.1 Å². The number of carbonyl (C=O) groups excluding carboxylic acids is 2. The smallest absolute Gasteiger partial charge is 0.255 e. The Morgan fingerprint density at radius 3 is 2.69 bits per heavy atom. The lowest BCUT2D eigenvalue weighted by Gasteiger charge is -2.34. The van der Waals surface area contributed by atoms with E-state index in [2.05, 4.69) is 37.7 Å². The molecule has 0 atom stereocenters. The zero-order valence-electron chi connectivity index (χ0n) is 22.0. The Bertz CT molecular complexity index is 1240. The first-order chi connectivity index (χ1) is 18.8. The van der Waals surface area contributed by atoms with Gasteiger partial charge in [0.15, 0.2) is 11.6 Å². The van der Waals surface area contributed by atoms with Crippen LogP contribution in [-0.4, -0.2) is 53.9 Å². The van der Waals surface area contributed by atoms with Gasteiger partial charge in [0.2, 0.25) is 5.91 Å². The summed E-state index contributed by atoms with van der Waals surface area (Å²) >= 11 is 0. The first-order valence-electron chi connectivity index (χ1n) is 13.3. The van der Waals surface area contributed by atoms with Crippen LogP contribution in [-0.2, 0) is 24.2 Å². The van der Waals surface area contributed by atoms with Crippen molar-refractivity contribution in [3.05, 3.63) is 53.7 Å². The molecule has 1 aliphatic rings. The molecular weight excluding hydrogens is 508 g/mol. The summed E-state index contributed by atoms with van der Waals surface area (Å²) in [5.41, 5.74) is 1.82. The van der Waals surface area contributed by atoms with E-state index in [0.717, 1.165) is 37.8 Å². The molecule has 0 bridgehead atoms. The van der Waals surface area contributed by atoms with Gasteiger partial charge in [-0.2, -0.15) is 5.10 Å². The fourth-order valence-corrected chi connectivity index (χ4v) is 4.22. The molecule has 0 radical (unpaired) electrons. The highest BCUT2D eigenvalue weighted by Crippen LogP contribution is 2.39. The second-order valence-electron chi connectivity index (χ2n) is 9.87. The maximum atomic E-state index is 13.0. The summed E-state index contributed by atoms with van der Waals surface area (Å²) in [6, 6.07) is 5.14. The average molecular weight is 542 g/mol. The van der Waals surface area contributed by atoms with Crippen molar-refractivity contribution in [2.45, 2.75) is 89.7 Å². The van der Waals surface area contributed by atoms with Gasteiger partial charge in [-0.05, 0) is 49.4 Å². The standard InChI is InChI=1S/C27H33F2N7O3/c1-2-3-4-8-24(37)23-18-36(35-33-23)11-6-5-7-20-9-10-25(34-32-20)31-26(38)13-19-12-21(17-30-16-19)39-22-14-27(28,29)15-22/h9-10,12,16-18,22H,2-8,11,13-15H2,1H3,(H,31,34,38). The zero-order valence-corrected chi connectivity index (χ0v) is 22.0. The van der Waals surface area contributed by atoms with Gasteiger partial charge in [0.05, 0.1) is 24.5 Å². The van der Waals surface area contributed by atoms with Crippen LogP contribution in [0.2, 0.25) is 0 Å². The van der Waals surface area contributed by atoms with Crippen LogP contribution in [0.4, 0.5) is 14.6 Å². The van der Waals surface area contributed by atoms with Crippen molar-refractivity contribution in [2.75, 3.05) is 5.32 Å². The first-order valence-corrected chi connectivity index (χ1v) is 13.3. The molecule has 0 aromatic carbocycles. The van der Waals surface area contributed by atoms with E-state index in [4.69, 9.17) is 4.74 Å². The predicted octanol–water partition coefficient (Wildman–Crippen LogP) is 4.61. The van der Waals surface area contributed by atoms with Gasteiger partial charge >= 0.3 is 0 Å². The number of nitrogens with one attached hydrogen (secondary N) is 1. The summed E-state index contributed by atoms with van der Waals surface area (Å²) in [6.45, 7) is 2.76. The summed E-state index contributed by atoms with van der Waals surface area (Å²) in [7, 11) is 0. The molecule has 208 valence electrons. The van der Waals surface area contributed by atoms with Crippen molar-refractivity contribution >= 4 is 17.5 Å². The first kappa shape index (κ1) is 28.2. The third kappa shape index (κ3) is 8.86. The van der Waals surface area contributed by atoms with Crippen LogP contribution in [0.25, 0.3) is 0 Å². The number of aryl methyl sites for hydroxylation is 2. The third-order valence-corrected chi connectivity index (χ3v) is 6.38. The molecule has 39 heavy (non-hydrogen) atoms. The molecule has 3 aromatic heterocycles. The van der Waals surface area contributed by atoms with E-state index >= 15 is 0 Å². The number of halogens is 2. The van der Waals surface area contributed by atoms with E-state index in [1.807, 2.05) is 6.07 Å². The molecule has 3 heterocycles. The van der Waals surface area contributed by atoms with Crippen LogP contribution in [0, 0.1) is 0 Å². The van der Waals surface area contributed by atoms with E-state index in [9.17, 15) is 18.4 Å². The van der Waals surface area contributed by atoms with Crippen LogP contribution in [0.15, 0.2) is 36.8 Å². The van der Waals surface area contributed by atoms with Gasteiger partial charge in [-0.25, -0.2) is 8.78 Å². The Kier molecular flexibility index (Phi) is 9.61. The fraction of sp³-hybridized carbons (Fsp3) is 0.519. The van der Waals surface area contributed by atoms with Crippen molar-refractivity contribution in [1.82, 2.24) is 30.2 Å². The molecule has 10 nitrogen and oxygen atoms in total. The van der Waals surface area contributed by atoms with Gasteiger partial charge in [-0.15, -0.1) is 10.2 Å². The number of hydrogen-bond donors (Lipinski definition) is 1. The van der Waals surface area contributed by atoms with E-state index in [1.165, 1.54) is 12.4 Å². The molecule has 0 unspecified atom stereocenters. The number of unbranched alkanes of at least 4 members (excludes halogenated alkanes) is 3. The summed E-state index contributed by atoms with van der Waals surface area (Å²) < 4.78 is 33.2. The second kappa shape index (κ2) is 13.3. The third-order valence-electron chi connectivity index (χ3n) is 6.38. The second-order valence-corrected chi connectivity index (χ2v) is 9.87. The van der Waals surface area contributed by atoms with Gasteiger partial charge < -0.3 is 10.1 Å². The Balaban J connectivity index is 1.15. The monoisotopic (exact) mass is 541 g/mol. The van der Waals surface area contributed by atoms with Crippen molar-refractivity contribution in [2.24, 2.45) is 0 Å². The van der Waals surface area contributed by atoms with E-state index < -0.39 is 12.0 Å².